The molecule has 152 valence electrons. The van der Waals surface area contributed by atoms with Crippen molar-refractivity contribution in [1.82, 2.24) is 14.8 Å². The smallest absolute Gasteiger partial charge is 0.234 e. The molecule has 3 rings (SSSR count). The van der Waals surface area contributed by atoms with E-state index in [4.69, 9.17) is 21.1 Å². The zero-order chi connectivity index (χ0) is 20.8. The SMILES string of the molecule is COc1ccc(Cl)cc1NC(=O)CSc1nnc(COc2cccc(C)c2)n1C. The second-order valence-corrected chi connectivity index (χ2v) is 7.62. The van der Waals surface area contributed by atoms with Gasteiger partial charge in [0.25, 0.3) is 0 Å². The lowest BCUT2D eigenvalue weighted by atomic mass is 10.2. The third kappa shape index (κ3) is 5.65. The van der Waals surface area contributed by atoms with Crippen molar-refractivity contribution in [2.45, 2.75) is 18.7 Å². The van der Waals surface area contributed by atoms with Gasteiger partial charge in [0.15, 0.2) is 11.0 Å². The van der Waals surface area contributed by atoms with Gasteiger partial charge in [-0.1, -0.05) is 35.5 Å². The van der Waals surface area contributed by atoms with Crippen LogP contribution in [0.3, 0.4) is 0 Å². The largest absolute Gasteiger partial charge is 0.495 e. The number of rotatable bonds is 8. The molecule has 0 spiro atoms. The Balaban J connectivity index is 1.56. The fraction of sp³-hybridized carbons (Fsp3) is 0.250. The van der Waals surface area contributed by atoms with Crippen molar-refractivity contribution in [3.63, 3.8) is 0 Å². The molecule has 7 nitrogen and oxygen atoms in total. The monoisotopic (exact) mass is 432 g/mol. The van der Waals surface area contributed by atoms with E-state index >= 15 is 0 Å². The van der Waals surface area contributed by atoms with Crippen LogP contribution in [0.4, 0.5) is 5.69 Å². The molecule has 0 saturated carbocycles. The number of thioether (sulfide) groups is 1. The van der Waals surface area contributed by atoms with E-state index in [1.165, 1.54) is 18.9 Å². The maximum Gasteiger partial charge on any atom is 0.234 e. The van der Waals surface area contributed by atoms with Crippen molar-refractivity contribution in [2.75, 3.05) is 18.2 Å². The topological polar surface area (TPSA) is 78.3 Å². The number of halogens is 1. The molecule has 1 N–H and O–H groups in total. The van der Waals surface area contributed by atoms with E-state index in [9.17, 15) is 4.79 Å². The molecular formula is C20H21ClN4O3S. The van der Waals surface area contributed by atoms with Crippen LogP contribution in [0.5, 0.6) is 11.5 Å². The summed E-state index contributed by atoms with van der Waals surface area (Å²) in [6.45, 7) is 2.30. The first kappa shape index (κ1) is 21.0. The van der Waals surface area contributed by atoms with Crippen LogP contribution in [0.25, 0.3) is 0 Å². The van der Waals surface area contributed by atoms with Crippen molar-refractivity contribution in [3.8, 4) is 11.5 Å². The standard InChI is InChI=1S/C20H21ClN4O3S/c1-13-5-4-6-15(9-13)28-11-18-23-24-20(25(18)2)29-12-19(26)22-16-10-14(21)7-8-17(16)27-3/h4-10H,11-12H2,1-3H3,(H,22,26). The molecule has 0 saturated heterocycles. The van der Waals surface area contributed by atoms with E-state index in [1.54, 1.807) is 18.2 Å². The highest BCUT2D eigenvalue weighted by Crippen LogP contribution is 2.28. The number of amides is 1. The fourth-order valence-corrected chi connectivity index (χ4v) is 3.45. The molecule has 0 atom stereocenters. The summed E-state index contributed by atoms with van der Waals surface area (Å²) in [5, 5.41) is 12.2. The molecule has 0 bridgehead atoms. The average Bonchev–Trinajstić information content (AvgIpc) is 3.05. The highest BCUT2D eigenvalue weighted by atomic mass is 35.5. The molecule has 0 aliphatic heterocycles. The van der Waals surface area contributed by atoms with Crippen LogP contribution in [-0.2, 0) is 18.4 Å². The maximum absolute atomic E-state index is 12.3. The lowest BCUT2D eigenvalue weighted by molar-refractivity contribution is -0.113. The highest BCUT2D eigenvalue weighted by molar-refractivity contribution is 7.99. The number of carbonyl (C=O) groups is 1. The quantitative estimate of drug-likeness (QED) is 0.540. The van der Waals surface area contributed by atoms with E-state index in [-0.39, 0.29) is 11.7 Å². The second kappa shape index (κ2) is 9.67. The van der Waals surface area contributed by atoms with Gasteiger partial charge < -0.3 is 19.4 Å². The van der Waals surface area contributed by atoms with Gasteiger partial charge >= 0.3 is 0 Å². The lowest BCUT2D eigenvalue weighted by Crippen LogP contribution is -2.15. The zero-order valence-corrected chi connectivity index (χ0v) is 17.9. The number of nitrogens with zero attached hydrogens (tertiary/aromatic N) is 3. The molecule has 0 aliphatic rings. The molecule has 0 fully saturated rings. The van der Waals surface area contributed by atoms with Crippen LogP contribution in [0.1, 0.15) is 11.4 Å². The Hall–Kier alpha value is -2.71. The number of hydrogen-bond acceptors (Lipinski definition) is 6. The average molecular weight is 433 g/mol. The Bertz CT molecular complexity index is 1010. The van der Waals surface area contributed by atoms with Gasteiger partial charge in [0.2, 0.25) is 5.91 Å². The van der Waals surface area contributed by atoms with Crippen molar-refractivity contribution >= 4 is 35.0 Å². The van der Waals surface area contributed by atoms with Gasteiger partial charge in [-0.25, -0.2) is 0 Å². The van der Waals surface area contributed by atoms with E-state index in [2.05, 4.69) is 15.5 Å². The van der Waals surface area contributed by atoms with E-state index in [1.807, 2.05) is 42.8 Å². The minimum Gasteiger partial charge on any atom is -0.495 e. The van der Waals surface area contributed by atoms with E-state index < -0.39 is 0 Å². The van der Waals surface area contributed by atoms with Crippen LogP contribution in [0.15, 0.2) is 47.6 Å². The number of carbonyl (C=O) groups excluding carboxylic acids is 1. The highest BCUT2D eigenvalue weighted by Gasteiger charge is 2.13. The molecule has 0 radical (unpaired) electrons. The number of hydrogen-bond donors (Lipinski definition) is 1. The number of methoxy groups -OCH3 is 1. The summed E-state index contributed by atoms with van der Waals surface area (Å²) in [4.78, 5) is 12.3. The minimum atomic E-state index is -0.198. The zero-order valence-electron chi connectivity index (χ0n) is 16.3. The van der Waals surface area contributed by atoms with Gasteiger partial charge in [-0.2, -0.15) is 0 Å². The van der Waals surface area contributed by atoms with Crippen LogP contribution in [0, 0.1) is 6.92 Å². The molecule has 1 heterocycles. The third-order valence-electron chi connectivity index (χ3n) is 4.05. The van der Waals surface area contributed by atoms with Crippen molar-refractivity contribution in [3.05, 3.63) is 58.9 Å². The minimum absolute atomic E-state index is 0.167. The Kier molecular flexibility index (Phi) is 7.00. The Morgan fingerprint density at radius 1 is 1.24 bits per heavy atom. The van der Waals surface area contributed by atoms with Crippen LogP contribution < -0.4 is 14.8 Å². The fourth-order valence-electron chi connectivity index (χ4n) is 2.54. The summed E-state index contributed by atoms with van der Waals surface area (Å²) < 4.78 is 12.8. The number of ether oxygens (including phenoxy) is 2. The number of aromatic nitrogens is 3. The number of aryl methyl sites for hydroxylation is 1. The lowest BCUT2D eigenvalue weighted by Gasteiger charge is -2.10. The van der Waals surface area contributed by atoms with Crippen molar-refractivity contribution < 1.29 is 14.3 Å². The van der Waals surface area contributed by atoms with Gasteiger partial charge in [0, 0.05) is 12.1 Å². The van der Waals surface area contributed by atoms with Crippen molar-refractivity contribution in [1.29, 1.82) is 0 Å². The normalized spacial score (nSPS) is 10.6. The van der Waals surface area contributed by atoms with Crippen LogP contribution in [0.2, 0.25) is 5.02 Å². The first-order valence-electron chi connectivity index (χ1n) is 8.80. The molecule has 2 aromatic carbocycles. The van der Waals surface area contributed by atoms with Gasteiger partial charge in [0.05, 0.1) is 18.6 Å². The van der Waals surface area contributed by atoms with E-state index in [0.717, 1.165) is 11.3 Å². The first-order chi connectivity index (χ1) is 14.0. The summed E-state index contributed by atoms with van der Waals surface area (Å²) in [7, 11) is 3.38. The molecule has 0 aliphatic carbocycles. The molecule has 1 aromatic heterocycles. The molecule has 1 amide bonds. The maximum atomic E-state index is 12.3. The van der Waals surface area contributed by atoms with Gasteiger partial charge in [0.1, 0.15) is 18.1 Å². The van der Waals surface area contributed by atoms with E-state index in [0.29, 0.717) is 34.0 Å². The Morgan fingerprint density at radius 3 is 2.83 bits per heavy atom. The summed E-state index contributed by atoms with van der Waals surface area (Å²) in [5.74, 6) is 1.96. The summed E-state index contributed by atoms with van der Waals surface area (Å²) in [6, 6.07) is 12.9. The van der Waals surface area contributed by atoms with Gasteiger partial charge in [-0.3, -0.25) is 4.79 Å². The summed E-state index contributed by atoms with van der Waals surface area (Å²) in [6.07, 6.45) is 0. The van der Waals surface area contributed by atoms with Crippen LogP contribution >= 0.6 is 23.4 Å². The van der Waals surface area contributed by atoms with Crippen LogP contribution in [-0.4, -0.2) is 33.5 Å². The Morgan fingerprint density at radius 2 is 2.07 bits per heavy atom. The molecule has 0 unspecified atom stereocenters. The summed E-state index contributed by atoms with van der Waals surface area (Å²) in [5.41, 5.74) is 1.65. The Labute approximate surface area is 178 Å². The predicted octanol–water partition coefficient (Wildman–Crippen LogP) is 4.10. The molecule has 9 heteroatoms. The van der Waals surface area contributed by atoms with Gasteiger partial charge in [-0.15, -0.1) is 10.2 Å². The first-order valence-corrected chi connectivity index (χ1v) is 10.2. The van der Waals surface area contributed by atoms with Gasteiger partial charge in [-0.05, 0) is 42.8 Å². The molecule has 3 aromatic rings. The van der Waals surface area contributed by atoms with Crippen molar-refractivity contribution in [2.24, 2.45) is 7.05 Å². The number of nitrogens with one attached hydrogen (secondary N) is 1. The molecule has 29 heavy (non-hydrogen) atoms. The predicted molar refractivity (Wildman–Crippen MR) is 114 cm³/mol. The second-order valence-electron chi connectivity index (χ2n) is 6.24. The third-order valence-corrected chi connectivity index (χ3v) is 5.31. The summed E-state index contributed by atoms with van der Waals surface area (Å²) >= 11 is 7.28. The number of anilines is 1. The number of benzene rings is 2. The molecular weight excluding hydrogens is 412 g/mol.